The zero-order chi connectivity index (χ0) is 17.9. The number of hydrogen-bond acceptors (Lipinski definition) is 6. The summed E-state index contributed by atoms with van der Waals surface area (Å²) in [4.78, 5) is 39.6. The van der Waals surface area contributed by atoms with E-state index < -0.39 is 24.3 Å². The molecule has 0 unspecified atom stereocenters. The molecule has 24 heavy (non-hydrogen) atoms. The molecule has 0 radical (unpaired) electrons. The number of halogens is 1. The lowest BCUT2D eigenvalue weighted by molar-refractivity contribution is 0.0476. The van der Waals surface area contributed by atoms with Crippen molar-refractivity contribution in [2.75, 3.05) is 13.2 Å². The predicted octanol–water partition coefficient (Wildman–Crippen LogP) is 3.56. The highest BCUT2D eigenvalue weighted by Gasteiger charge is 2.26. The van der Waals surface area contributed by atoms with E-state index in [0.717, 1.165) is 11.3 Å². The van der Waals surface area contributed by atoms with Crippen molar-refractivity contribution in [3.05, 3.63) is 43.9 Å². The van der Waals surface area contributed by atoms with E-state index in [1.807, 2.05) is 0 Å². The van der Waals surface area contributed by atoms with Crippen molar-refractivity contribution < 1.29 is 23.9 Å². The fourth-order valence-corrected chi connectivity index (χ4v) is 3.22. The first-order valence-electron chi connectivity index (χ1n) is 7.17. The highest BCUT2D eigenvalue weighted by Crippen LogP contribution is 2.23. The zero-order valence-corrected chi connectivity index (χ0v) is 15.0. The van der Waals surface area contributed by atoms with E-state index in [1.54, 1.807) is 26.8 Å². The summed E-state index contributed by atoms with van der Waals surface area (Å²) < 4.78 is 10.4. The summed E-state index contributed by atoms with van der Waals surface area (Å²) >= 11 is 6.82. The van der Waals surface area contributed by atoms with Gasteiger partial charge >= 0.3 is 11.9 Å². The molecule has 0 aromatic carbocycles. The van der Waals surface area contributed by atoms with E-state index in [0.29, 0.717) is 20.6 Å². The highest BCUT2D eigenvalue weighted by molar-refractivity contribution is 7.17. The number of carbonyl (C=O) groups excluding carboxylic acids is 3. The van der Waals surface area contributed by atoms with Crippen LogP contribution in [0.15, 0.2) is 12.1 Å². The molecule has 0 fully saturated rings. The van der Waals surface area contributed by atoms with Gasteiger partial charge in [-0.3, -0.25) is 4.79 Å². The van der Waals surface area contributed by atoms with Crippen LogP contribution in [0.1, 0.15) is 48.7 Å². The van der Waals surface area contributed by atoms with Crippen LogP contribution in [0.4, 0.5) is 0 Å². The maximum Gasteiger partial charge on any atom is 0.348 e. The Morgan fingerprint density at radius 1 is 1.08 bits per heavy atom. The van der Waals surface area contributed by atoms with E-state index in [2.05, 4.69) is 4.98 Å². The number of ether oxygens (including phenoxy) is 2. The molecule has 0 aliphatic carbocycles. The van der Waals surface area contributed by atoms with Gasteiger partial charge in [0.25, 0.3) is 0 Å². The minimum atomic E-state index is -0.636. The van der Waals surface area contributed by atoms with Crippen LogP contribution < -0.4 is 0 Å². The summed E-state index contributed by atoms with van der Waals surface area (Å²) in [5, 5.41) is 0. The van der Waals surface area contributed by atoms with Gasteiger partial charge in [-0.25, -0.2) is 9.59 Å². The number of thiophene rings is 1. The Balaban J connectivity index is 2.15. The fraction of sp³-hybridized carbons (Fsp3) is 0.312. The molecule has 0 saturated heterocycles. The van der Waals surface area contributed by atoms with Crippen LogP contribution >= 0.6 is 22.9 Å². The molecule has 0 bridgehead atoms. The first kappa shape index (κ1) is 18.2. The smallest absolute Gasteiger partial charge is 0.348 e. The van der Waals surface area contributed by atoms with Gasteiger partial charge in [0.2, 0.25) is 5.78 Å². The molecule has 6 nitrogen and oxygen atoms in total. The van der Waals surface area contributed by atoms with Crippen molar-refractivity contribution in [1.29, 1.82) is 0 Å². The average molecular weight is 370 g/mol. The lowest BCUT2D eigenvalue weighted by atomic mass is 10.1. The molecule has 0 aliphatic heterocycles. The maximum absolute atomic E-state index is 12.4. The number of hydrogen-bond donors (Lipinski definition) is 1. The van der Waals surface area contributed by atoms with E-state index in [-0.39, 0.29) is 17.7 Å². The number of Topliss-reactive ketones (excluding diaryl/α,β-unsaturated/α-hetero) is 1. The number of nitrogens with one attached hydrogen (secondary N) is 1. The molecule has 8 heteroatoms. The van der Waals surface area contributed by atoms with Gasteiger partial charge < -0.3 is 14.5 Å². The van der Waals surface area contributed by atoms with Gasteiger partial charge in [0.15, 0.2) is 6.61 Å². The van der Waals surface area contributed by atoms with Gasteiger partial charge in [0, 0.05) is 11.4 Å². The molecule has 0 spiro atoms. The third-order valence-electron chi connectivity index (χ3n) is 3.24. The molecule has 0 saturated carbocycles. The number of rotatable bonds is 6. The average Bonchev–Trinajstić information content (AvgIpc) is 3.07. The summed E-state index contributed by atoms with van der Waals surface area (Å²) in [6.07, 6.45) is 0. The second kappa shape index (κ2) is 7.63. The molecule has 128 valence electrons. The summed E-state index contributed by atoms with van der Waals surface area (Å²) in [6, 6.07) is 3.10. The second-order valence-corrected chi connectivity index (χ2v) is 6.66. The van der Waals surface area contributed by atoms with E-state index in [1.165, 1.54) is 6.07 Å². The topological polar surface area (TPSA) is 85.5 Å². The Labute approximate surface area is 147 Å². The molecule has 1 N–H and O–H groups in total. The normalized spacial score (nSPS) is 10.5. The van der Waals surface area contributed by atoms with Gasteiger partial charge in [-0.2, -0.15) is 0 Å². The third kappa shape index (κ3) is 3.85. The van der Waals surface area contributed by atoms with E-state index >= 15 is 0 Å². The number of aromatic amines is 1. The Kier molecular flexibility index (Phi) is 5.80. The zero-order valence-electron chi connectivity index (χ0n) is 13.4. The summed E-state index contributed by atoms with van der Waals surface area (Å²) in [7, 11) is 0. The Hall–Kier alpha value is -2.12. The van der Waals surface area contributed by atoms with Gasteiger partial charge in [-0.05, 0) is 32.9 Å². The maximum atomic E-state index is 12.4. The number of H-pyrrole nitrogens is 1. The third-order valence-corrected chi connectivity index (χ3v) is 4.45. The molecule has 2 heterocycles. The Morgan fingerprint density at radius 2 is 1.75 bits per heavy atom. The van der Waals surface area contributed by atoms with Crippen molar-refractivity contribution in [2.45, 2.75) is 20.8 Å². The van der Waals surface area contributed by atoms with Crippen LogP contribution in [0.5, 0.6) is 0 Å². The molecule has 2 aromatic heterocycles. The van der Waals surface area contributed by atoms with E-state index in [4.69, 9.17) is 21.1 Å². The fourth-order valence-electron chi connectivity index (χ4n) is 2.29. The Bertz CT molecular complexity index is 792. The standard InChI is InChI=1S/C16H16ClNO5S/c1-4-22-16(21)14-9(3)18-8(2)13(14)10(19)7-23-15(20)11-5-6-12(17)24-11/h5-6,18H,4,7H2,1-3H3. The van der Waals surface area contributed by atoms with Gasteiger partial charge in [0.05, 0.1) is 22.1 Å². The van der Waals surface area contributed by atoms with Crippen LogP contribution in [0.3, 0.4) is 0 Å². The summed E-state index contributed by atoms with van der Waals surface area (Å²) in [6.45, 7) is 4.75. The van der Waals surface area contributed by atoms with Crippen LogP contribution in [0.25, 0.3) is 0 Å². The van der Waals surface area contributed by atoms with E-state index in [9.17, 15) is 14.4 Å². The number of carbonyl (C=O) groups is 3. The molecule has 0 atom stereocenters. The highest BCUT2D eigenvalue weighted by atomic mass is 35.5. The van der Waals surface area contributed by atoms with Crippen LogP contribution in [-0.4, -0.2) is 35.9 Å². The Morgan fingerprint density at radius 3 is 2.33 bits per heavy atom. The SMILES string of the molecule is CCOC(=O)c1c(C)[nH]c(C)c1C(=O)COC(=O)c1ccc(Cl)s1. The van der Waals surface area contributed by atoms with Crippen LogP contribution in [0, 0.1) is 13.8 Å². The number of esters is 2. The summed E-state index contributed by atoms with van der Waals surface area (Å²) in [5.41, 5.74) is 1.42. The lowest BCUT2D eigenvalue weighted by Gasteiger charge is -2.06. The molecular formula is C16H16ClNO5S. The number of aryl methyl sites for hydroxylation is 2. The number of ketones is 1. The summed E-state index contributed by atoms with van der Waals surface area (Å²) in [5.74, 6) is -1.70. The van der Waals surface area contributed by atoms with Crippen LogP contribution in [-0.2, 0) is 9.47 Å². The van der Waals surface area contributed by atoms with Gasteiger partial charge in [0.1, 0.15) is 4.88 Å². The first-order valence-corrected chi connectivity index (χ1v) is 8.36. The van der Waals surface area contributed by atoms with Gasteiger partial charge in [-0.1, -0.05) is 11.6 Å². The lowest BCUT2D eigenvalue weighted by Crippen LogP contribution is -2.17. The molecule has 2 rings (SSSR count). The van der Waals surface area contributed by atoms with Crippen molar-refractivity contribution in [3.8, 4) is 0 Å². The first-order chi connectivity index (χ1) is 11.3. The minimum absolute atomic E-state index is 0.176. The number of aromatic nitrogens is 1. The van der Waals surface area contributed by atoms with Crippen molar-refractivity contribution in [3.63, 3.8) is 0 Å². The second-order valence-electron chi connectivity index (χ2n) is 4.95. The molecule has 0 amide bonds. The molecular weight excluding hydrogens is 354 g/mol. The monoisotopic (exact) mass is 369 g/mol. The minimum Gasteiger partial charge on any atom is -0.462 e. The van der Waals surface area contributed by atoms with Crippen molar-refractivity contribution in [1.82, 2.24) is 4.98 Å². The van der Waals surface area contributed by atoms with Crippen molar-refractivity contribution in [2.24, 2.45) is 0 Å². The van der Waals surface area contributed by atoms with Crippen LogP contribution in [0.2, 0.25) is 4.34 Å². The molecule has 2 aromatic rings. The largest absolute Gasteiger partial charge is 0.462 e. The molecule has 0 aliphatic rings. The quantitative estimate of drug-likeness (QED) is 0.621. The van der Waals surface area contributed by atoms with Gasteiger partial charge in [-0.15, -0.1) is 11.3 Å². The van der Waals surface area contributed by atoms with Crippen molar-refractivity contribution >= 4 is 40.7 Å². The predicted molar refractivity (Wildman–Crippen MR) is 90.2 cm³/mol.